The molecular weight excluding hydrogens is 761 g/mol. The van der Waals surface area contributed by atoms with Gasteiger partial charge in [0.15, 0.2) is 0 Å². The topological polar surface area (TPSA) is 258 Å². The van der Waals surface area contributed by atoms with E-state index in [1.807, 2.05) is 30.3 Å². The summed E-state index contributed by atoms with van der Waals surface area (Å²) in [6.45, 7) is 3.74. The number of likely N-dealkylation sites (tertiary alicyclic amines) is 1. The number of nitrogens with zero attached hydrogens (tertiary/aromatic N) is 1. The first kappa shape index (κ1) is 45.4. The SMILES string of the molecule is CC(C)CC(NC(=O)C(CCC(=O)O)NC(=O)C1CCCN1C(=O)C(Cc1ccc(O)cc1)NC(=O)C(N)Cc1ccccc1)C(=O)NC(Cc1ccccc1)C(=O)O. The summed E-state index contributed by atoms with van der Waals surface area (Å²) >= 11 is 0. The average Bonchev–Trinajstić information content (AvgIpc) is 3.70. The minimum atomic E-state index is -1.44. The van der Waals surface area contributed by atoms with Crippen LogP contribution in [0.3, 0.4) is 0 Å². The number of phenolic OH excluding ortho intramolecular Hbond substituents is 1. The van der Waals surface area contributed by atoms with Gasteiger partial charge in [0.05, 0.1) is 6.04 Å². The molecule has 4 rings (SSSR count). The molecule has 1 heterocycles. The molecule has 3 aromatic carbocycles. The molecule has 1 saturated heterocycles. The highest BCUT2D eigenvalue weighted by Crippen LogP contribution is 2.21. The summed E-state index contributed by atoms with van der Waals surface area (Å²) in [5.74, 6) is -6.20. The van der Waals surface area contributed by atoms with Crippen LogP contribution in [0.15, 0.2) is 84.9 Å². The van der Waals surface area contributed by atoms with Crippen molar-refractivity contribution < 1.29 is 48.9 Å². The number of amides is 5. The molecule has 1 aliphatic rings. The van der Waals surface area contributed by atoms with Crippen LogP contribution in [0.25, 0.3) is 0 Å². The molecule has 0 bridgehead atoms. The number of phenols is 1. The van der Waals surface area contributed by atoms with E-state index in [2.05, 4.69) is 21.3 Å². The molecule has 1 fully saturated rings. The van der Waals surface area contributed by atoms with E-state index in [0.29, 0.717) is 17.5 Å². The van der Waals surface area contributed by atoms with Crippen molar-refractivity contribution in [2.75, 3.05) is 6.54 Å². The third-order valence-electron chi connectivity index (χ3n) is 9.98. The number of carboxylic acid groups (broad SMARTS) is 2. The fraction of sp³-hybridized carbons (Fsp3) is 0.419. The number of benzene rings is 3. The summed E-state index contributed by atoms with van der Waals surface area (Å²) < 4.78 is 0. The van der Waals surface area contributed by atoms with Gasteiger partial charge in [0.2, 0.25) is 29.5 Å². The molecule has 0 saturated carbocycles. The Bertz CT molecular complexity index is 1910. The number of hydrogen-bond donors (Lipinski definition) is 8. The number of nitrogens with one attached hydrogen (secondary N) is 4. The van der Waals surface area contributed by atoms with E-state index in [4.69, 9.17) is 5.73 Å². The van der Waals surface area contributed by atoms with Gasteiger partial charge in [-0.05, 0) is 66.8 Å². The Morgan fingerprint density at radius 1 is 0.678 bits per heavy atom. The van der Waals surface area contributed by atoms with Crippen LogP contribution >= 0.6 is 0 Å². The highest BCUT2D eigenvalue weighted by atomic mass is 16.4. The molecule has 0 radical (unpaired) electrons. The number of aliphatic carboxylic acids is 2. The molecule has 0 aliphatic carbocycles. The first-order valence-electron chi connectivity index (χ1n) is 19.7. The minimum absolute atomic E-state index is 0.00474. The van der Waals surface area contributed by atoms with Gasteiger partial charge in [-0.15, -0.1) is 0 Å². The maximum atomic E-state index is 14.3. The van der Waals surface area contributed by atoms with Gasteiger partial charge in [-0.25, -0.2) is 4.79 Å². The number of hydrogen-bond acceptors (Lipinski definition) is 9. The average molecular weight is 815 g/mol. The number of rotatable bonds is 21. The van der Waals surface area contributed by atoms with Crippen LogP contribution in [-0.4, -0.2) is 104 Å². The first-order chi connectivity index (χ1) is 28.1. The maximum absolute atomic E-state index is 14.3. The third-order valence-corrected chi connectivity index (χ3v) is 9.98. The van der Waals surface area contributed by atoms with Gasteiger partial charge >= 0.3 is 11.9 Å². The lowest BCUT2D eigenvalue weighted by Gasteiger charge is -2.31. The van der Waals surface area contributed by atoms with E-state index >= 15 is 0 Å². The number of aromatic hydroxyl groups is 1. The molecule has 6 atom stereocenters. The molecule has 316 valence electrons. The molecule has 0 spiro atoms. The maximum Gasteiger partial charge on any atom is 0.326 e. The molecule has 16 nitrogen and oxygen atoms in total. The van der Waals surface area contributed by atoms with Crippen LogP contribution in [0.4, 0.5) is 0 Å². The smallest absolute Gasteiger partial charge is 0.326 e. The molecule has 6 unspecified atom stereocenters. The Kier molecular flexibility index (Phi) is 16.9. The number of carbonyl (C=O) groups is 7. The van der Waals surface area contributed by atoms with Crippen LogP contribution in [-0.2, 0) is 52.8 Å². The molecule has 3 aromatic rings. The highest BCUT2D eigenvalue weighted by molar-refractivity contribution is 5.97. The molecular formula is C43H54N6O10. The fourth-order valence-electron chi connectivity index (χ4n) is 6.91. The predicted octanol–water partition coefficient (Wildman–Crippen LogP) is 1.67. The Morgan fingerprint density at radius 3 is 1.78 bits per heavy atom. The second-order valence-corrected chi connectivity index (χ2v) is 15.2. The van der Waals surface area contributed by atoms with Crippen LogP contribution < -0.4 is 27.0 Å². The van der Waals surface area contributed by atoms with E-state index in [1.54, 1.807) is 56.3 Å². The van der Waals surface area contributed by atoms with E-state index < -0.39 is 84.1 Å². The van der Waals surface area contributed by atoms with Crippen molar-refractivity contribution >= 4 is 41.5 Å². The van der Waals surface area contributed by atoms with Crippen LogP contribution in [0.2, 0.25) is 0 Å². The summed E-state index contributed by atoms with van der Waals surface area (Å²) in [5, 5.41) is 39.6. The third kappa shape index (κ3) is 14.2. The van der Waals surface area contributed by atoms with Gasteiger partial charge in [0.25, 0.3) is 0 Å². The molecule has 0 aromatic heterocycles. The van der Waals surface area contributed by atoms with Crippen molar-refractivity contribution in [2.45, 2.75) is 101 Å². The van der Waals surface area contributed by atoms with Crippen LogP contribution in [0, 0.1) is 5.92 Å². The van der Waals surface area contributed by atoms with Gasteiger partial charge in [-0.3, -0.25) is 28.8 Å². The summed E-state index contributed by atoms with van der Waals surface area (Å²) in [5.41, 5.74) is 8.35. The van der Waals surface area contributed by atoms with Gasteiger partial charge in [0.1, 0.15) is 36.0 Å². The van der Waals surface area contributed by atoms with Crippen LogP contribution in [0.1, 0.15) is 62.6 Å². The van der Waals surface area contributed by atoms with Crippen molar-refractivity contribution in [3.05, 3.63) is 102 Å². The molecule has 1 aliphatic heterocycles. The Labute approximate surface area is 342 Å². The lowest BCUT2D eigenvalue weighted by atomic mass is 10.0. The highest BCUT2D eigenvalue weighted by Gasteiger charge is 2.40. The van der Waals surface area contributed by atoms with Crippen molar-refractivity contribution in [3.63, 3.8) is 0 Å². The van der Waals surface area contributed by atoms with E-state index in [9.17, 15) is 48.9 Å². The van der Waals surface area contributed by atoms with Gasteiger partial charge in [-0.1, -0.05) is 86.6 Å². The van der Waals surface area contributed by atoms with Crippen molar-refractivity contribution in [1.29, 1.82) is 0 Å². The van der Waals surface area contributed by atoms with Crippen molar-refractivity contribution in [1.82, 2.24) is 26.2 Å². The lowest BCUT2D eigenvalue weighted by molar-refractivity contribution is -0.143. The van der Waals surface area contributed by atoms with Crippen molar-refractivity contribution in [3.8, 4) is 5.75 Å². The Morgan fingerprint density at radius 2 is 1.20 bits per heavy atom. The second-order valence-electron chi connectivity index (χ2n) is 15.2. The number of carbonyl (C=O) groups excluding carboxylic acids is 5. The molecule has 9 N–H and O–H groups in total. The normalized spacial score (nSPS) is 16.2. The van der Waals surface area contributed by atoms with E-state index in [1.165, 1.54) is 17.0 Å². The van der Waals surface area contributed by atoms with Crippen LogP contribution in [0.5, 0.6) is 5.75 Å². The summed E-state index contributed by atoms with van der Waals surface area (Å²) in [6, 6.07) is 16.6. The summed E-state index contributed by atoms with van der Waals surface area (Å²) in [7, 11) is 0. The summed E-state index contributed by atoms with van der Waals surface area (Å²) in [4.78, 5) is 94.0. The fourth-order valence-corrected chi connectivity index (χ4v) is 6.91. The first-order valence-corrected chi connectivity index (χ1v) is 19.7. The molecule has 59 heavy (non-hydrogen) atoms. The van der Waals surface area contributed by atoms with Crippen molar-refractivity contribution in [2.24, 2.45) is 11.7 Å². The number of nitrogens with two attached hydrogens (primary N) is 1. The zero-order chi connectivity index (χ0) is 43.1. The Hall–Kier alpha value is -6.29. The zero-order valence-corrected chi connectivity index (χ0v) is 33.2. The minimum Gasteiger partial charge on any atom is -0.508 e. The van der Waals surface area contributed by atoms with Gasteiger partial charge in [-0.2, -0.15) is 0 Å². The number of carboxylic acids is 2. The Balaban J connectivity index is 1.51. The predicted molar refractivity (Wildman–Crippen MR) is 216 cm³/mol. The largest absolute Gasteiger partial charge is 0.508 e. The summed E-state index contributed by atoms with van der Waals surface area (Å²) in [6.07, 6.45) is 0.0336. The van der Waals surface area contributed by atoms with E-state index in [-0.39, 0.29) is 56.7 Å². The second kappa shape index (κ2) is 22.0. The van der Waals surface area contributed by atoms with E-state index in [0.717, 1.165) is 5.56 Å². The standard InChI is InChI=1S/C43H54N6O10/c1-26(2)22-33(40(55)48-35(43(58)59)25-28-12-7-4-8-13-28)46-39(54)32(19-20-37(51)52)45-41(56)36-14-9-21-49(36)42(57)34(24-29-15-17-30(50)18-16-29)47-38(53)31(44)23-27-10-5-3-6-11-27/h3-8,10-13,15-18,26,31-36,50H,9,14,19-25,44H2,1-2H3,(H,45,56)(H,46,54)(H,47,53)(H,48,55)(H,51,52)(H,58,59). The molecule has 16 heteroatoms. The molecule has 5 amide bonds. The van der Waals surface area contributed by atoms with Gasteiger partial charge < -0.3 is 47.2 Å². The lowest BCUT2D eigenvalue weighted by Crippen LogP contribution is -2.59. The quantitative estimate of drug-likeness (QED) is 0.0768. The van der Waals surface area contributed by atoms with Gasteiger partial charge in [0, 0.05) is 25.8 Å². The monoisotopic (exact) mass is 814 g/mol. The zero-order valence-electron chi connectivity index (χ0n) is 33.2.